The van der Waals surface area contributed by atoms with Gasteiger partial charge in [0.05, 0.1) is 12.4 Å². The number of benzene rings is 1. The first-order chi connectivity index (χ1) is 10.7. The van der Waals surface area contributed by atoms with Gasteiger partial charge in [-0.05, 0) is 37.3 Å². The van der Waals surface area contributed by atoms with Gasteiger partial charge in [-0.3, -0.25) is 9.59 Å². The minimum absolute atomic E-state index is 0.0607. The van der Waals surface area contributed by atoms with E-state index in [-0.39, 0.29) is 17.3 Å². The van der Waals surface area contributed by atoms with Crippen LogP contribution in [0.25, 0.3) is 0 Å². The molecule has 0 bridgehead atoms. The van der Waals surface area contributed by atoms with E-state index in [1.54, 1.807) is 30.4 Å². The number of carbonyl (C=O) groups excluding carboxylic acids is 2. The van der Waals surface area contributed by atoms with Crippen molar-refractivity contribution in [3.8, 4) is 0 Å². The Morgan fingerprint density at radius 3 is 2.77 bits per heavy atom. The molecule has 1 aromatic rings. The molecule has 0 saturated carbocycles. The van der Waals surface area contributed by atoms with E-state index in [1.165, 1.54) is 4.90 Å². The molecule has 0 spiro atoms. The third kappa shape index (κ3) is 4.43. The van der Waals surface area contributed by atoms with E-state index in [2.05, 4.69) is 24.3 Å². The molecule has 1 atom stereocenters. The van der Waals surface area contributed by atoms with Crippen molar-refractivity contribution in [2.24, 2.45) is 0 Å². The molecule has 4 nitrogen and oxygen atoms in total. The van der Waals surface area contributed by atoms with Gasteiger partial charge in [-0.15, -0.1) is 23.5 Å². The van der Waals surface area contributed by atoms with Gasteiger partial charge >= 0.3 is 5.97 Å². The highest BCUT2D eigenvalue weighted by molar-refractivity contribution is 8.00. The Bertz CT molecular complexity index is 519. The van der Waals surface area contributed by atoms with Gasteiger partial charge in [-0.2, -0.15) is 0 Å². The van der Waals surface area contributed by atoms with Gasteiger partial charge in [0.1, 0.15) is 5.37 Å². The van der Waals surface area contributed by atoms with E-state index < -0.39 is 0 Å². The van der Waals surface area contributed by atoms with E-state index in [9.17, 15) is 9.59 Å². The first-order valence-corrected chi connectivity index (χ1v) is 9.63. The molecule has 6 heteroatoms. The highest BCUT2D eigenvalue weighted by atomic mass is 32.2. The summed E-state index contributed by atoms with van der Waals surface area (Å²) < 4.78 is 4.92. The van der Waals surface area contributed by atoms with Crippen molar-refractivity contribution < 1.29 is 14.3 Å². The zero-order chi connectivity index (χ0) is 15.9. The molecule has 1 aliphatic heterocycles. The Morgan fingerprint density at radius 2 is 2.14 bits per heavy atom. The fourth-order valence-corrected chi connectivity index (χ4v) is 3.99. The maximum Gasteiger partial charge on any atom is 0.305 e. The number of ether oxygens (including phenoxy) is 1. The maximum atomic E-state index is 12.1. The van der Waals surface area contributed by atoms with E-state index in [0.717, 1.165) is 5.56 Å². The highest BCUT2D eigenvalue weighted by Crippen LogP contribution is 2.39. The second kappa shape index (κ2) is 8.48. The van der Waals surface area contributed by atoms with Crippen LogP contribution in [0, 0.1) is 0 Å². The summed E-state index contributed by atoms with van der Waals surface area (Å²) in [5.74, 6) is 0.462. The number of hydrogen-bond acceptors (Lipinski definition) is 5. The normalized spacial score (nSPS) is 17.8. The van der Waals surface area contributed by atoms with Crippen LogP contribution in [0.4, 0.5) is 0 Å². The number of hydrogen-bond donors (Lipinski definition) is 0. The van der Waals surface area contributed by atoms with Gasteiger partial charge in [-0.25, -0.2) is 0 Å². The number of amides is 1. The van der Waals surface area contributed by atoms with Gasteiger partial charge < -0.3 is 9.64 Å². The molecule has 1 aromatic carbocycles. The fraction of sp³-hybridized carbons (Fsp3) is 0.500. The van der Waals surface area contributed by atoms with Gasteiger partial charge in [0.25, 0.3) is 0 Å². The lowest BCUT2D eigenvalue weighted by molar-refractivity contribution is -0.143. The second-order valence-electron chi connectivity index (χ2n) is 4.93. The fourth-order valence-electron chi connectivity index (χ4n) is 2.37. The Morgan fingerprint density at radius 1 is 1.41 bits per heavy atom. The summed E-state index contributed by atoms with van der Waals surface area (Å²) in [5.41, 5.74) is 1.14. The molecular weight excluding hydrogens is 318 g/mol. The molecule has 0 N–H and O–H groups in total. The van der Waals surface area contributed by atoms with Crippen molar-refractivity contribution in [2.75, 3.05) is 25.2 Å². The SMILES string of the molecule is CCOC(=O)CCCN1C(=O)CSC1c1ccc(SC)cc1. The summed E-state index contributed by atoms with van der Waals surface area (Å²) >= 11 is 3.35. The third-order valence-electron chi connectivity index (χ3n) is 3.45. The van der Waals surface area contributed by atoms with Crippen molar-refractivity contribution in [3.63, 3.8) is 0 Å². The van der Waals surface area contributed by atoms with Gasteiger partial charge in [0, 0.05) is 17.9 Å². The zero-order valence-corrected chi connectivity index (χ0v) is 14.5. The van der Waals surface area contributed by atoms with Crippen LogP contribution in [0.15, 0.2) is 29.2 Å². The Labute approximate surface area is 140 Å². The first kappa shape index (κ1) is 17.2. The Kier molecular flexibility index (Phi) is 6.64. The maximum absolute atomic E-state index is 12.1. The van der Waals surface area contributed by atoms with Crippen molar-refractivity contribution in [3.05, 3.63) is 29.8 Å². The summed E-state index contributed by atoms with van der Waals surface area (Å²) in [4.78, 5) is 26.5. The number of carbonyl (C=O) groups is 2. The molecule has 1 fully saturated rings. The molecular formula is C16H21NO3S2. The monoisotopic (exact) mass is 339 g/mol. The molecule has 1 saturated heterocycles. The van der Waals surface area contributed by atoms with Crippen LogP contribution in [0.3, 0.4) is 0 Å². The number of esters is 1. The molecule has 0 aromatic heterocycles. The van der Waals surface area contributed by atoms with Crippen LogP contribution in [0.1, 0.15) is 30.7 Å². The summed E-state index contributed by atoms with van der Waals surface area (Å²) in [6.45, 7) is 2.80. The molecule has 1 amide bonds. The lowest BCUT2D eigenvalue weighted by atomic mass is 10.2. The largest absolute Gasteiger partial charge is 0.466 e. The molecule has 0 aliphatic carbocycles. The Hall–Kier alpha value is -1.14. The standard InChI is InChI=1S/C16H21NO3S2/c1-3-20-15(19)5-4-10-17-14(18)11-22-16(17)12-6-8-13(21-2)9-7-12/h6-9,16H,3-5,10-11H2,1-2H3. The number of nitrogens with zero attached hydrogens (tertiary/aromatic N) is 1. The molecule has 1 heterocycles. The lowest BCUT2D eigenvalue weighted by Gasteiger charge is -2.24. The molecule has 1 aliphatic rings. The van der Waals surface area contributed by atoms with Crippen LogP contribution in [0.5, 0.6) is 0 Å². The zero-order valence-electron chi connectivity index (χ0n) is 12.9. The van der Waals surface area contributed by atoms with E-state index in [1.807, 2.05) is 11.2 Å². The number of thioether (sulfide) groups is 2. The molecule has 0 radical (unpaired) electrons. The topological polar surface area (TPSA) is 46.6 Å². The van der Waals surface area contributed by atoms with Crippen LogP contribution in [0.2, 0.25) is 0 Å². The van der Waals surface area contributed by atoms with Crippen LogP contribution < -0.4 is 0 Å². The van der Waals surface area contributed by atoms with Crippen molar-refractivity contribution in [1.29, 1.82) is 0 Å². The molecule has 1 unspecified atom stereocenters. The van der Waals surface area contributed by atoms with Crippen LogP contribution in [-0.2, 0) is 14.3 Å². The third-order valence-corrected chi connectivity index (χ3v) is 5.45. The van der Waals surface area contributed by atoms with E-state index >= 15 is 0 Å². The van der Waals surface area contributed by atoms with Gasteiger partial charge in [-0.1, -0.05) is 12.1 Å². The first-order valence-electron chi connectivity index (χ1n) is 7.36. The van der Waals surface area contributed by atoms with Gasteiger partial charge in [0.15, 0.2) is 0 Å². The smallest absolute Gasteiger partial charge is 0.305 e. The summed E-state index contributed by atoms with van der Waals surface area (Å²) in [6, 6.07) is 8.33. The summed E-state index contributed by atoms with van der Waals surface area (Å²) in [7, 11) is 0. The number of rotatable bonds is 7. The molecule has 2 rings (SSSR count). The average Bonchev–Trinajstić information content (AvgIpc) is 2.89. The van der Waals surface area contributed by atoms with E-state index in [0.29, 0.717) is 31.7 Å². The van der Waals surface area contributed by atoms with Crippen LogP contribution >= 0.6 is 23.5 Å². The molecule has 22 heavy (non-hydrogen) atoms. The minimum Gasteiger partial charge on any atom is -0.466 e. The van der Waals surface area contributed by atoms with E-state index in [4.69, 9.17) is 4.74 Å². The van der Waals surface area contributed by atoms with Crippen molar-refractivity contribution >= 4 is 35.4 Å². The van der Waals surface area contributed by atoms with Crippen LogP contribution in [-0.4, -0.2) is 41.9 Å². The minimum atomic E-state index is -0.192. The molecule has 120 valence electrons. The summed E-state index contributed by atoms with van der Waals surface area (Å²) in [6.07, 6.45) is 3.05. The summed E-state index contributed by atoms with van der Waals surface area (Å²) in [5, 5.41) is 0.0607. The average molecular weight is 339 g/mol. The lowest BCUT2D eigenvalue weighted by Crippen LogP contribution is -2.29. The Balaban J connectivity index is 1.95. The van der Waals surface area contributed by atoms with Crippen molar-refractivity contribution in [1.82, 2.24) is 4.90 Å². The predicted octanol–water partition coefficient (Wildman–Crippen LogP) is 3.33. The quantitative estimate of drug-likeness (QED) is 0.563. The highest BCUT2D eigenvalue weighted by Gasteiger charge is 2.32. The second-order valence-corrected chi connectivity index (χ2v) is 6.88. The van der Waals surface area contributed by atoms with Gasteiger partial charge in [0.2, 0.25) is 5.91 Å². The van der Waals surface area contributed by atoms with Crippen molar-refractivity contribution in [2.45, 2.75) is 30.0 Å². The predicted molar refractivity (Wildman–Crippen MR) is 91.0 cm³/mol.